The van der Waals surface area contributed by atoms with E-state index in [4.69, 9.17) is 23.2 Å². The lowest BCUT2D eigenvalue weighted by atomic mass is 10.0. The second-order valence-corrected chi connectivity index (χ2v) is 5.35. The van der Waals surface area contributed by atoms with Crippen molar-refractivity contribution in [3.05, 3.63) is 33.8 Å². The maximum absolute atomic E-state index is 9.99. The lowest BCUT2D eigenvalue weighted by Gasteiger charge is -2.23. The van der Waals surface area contributed by atoms with Crippen molar-refractivity contribution in [3.8, 4) is 0 Å². The molecule has 0 aliphatic rings. The molecule has 0 aliphatic carbocycles. The van der Waals surface area contributed by atoms with E-state index in [1.807, 2.05) is 19.1 Å². The van der Waals surface area contributed by atoms with Crippen LogP contribution in [0.5, 0.6) is 0 Å². The van der Waals surface area contributed by atoms with Gasteiger partial charge in [0.25, 0.3) is 0 Å². The molecule has 1 unspecified atom stereocenters. The molecule has 0 aliphatic heterocycles. The highest BCUT2D eigenvalue weighted by molar-refractivity contribution is 6.42. The van der Waals surface area contributed by atoms with Gasteiger partial charge < -0.3 is 10.4 Å². The third kappa shape index (κ3) is 4.84. The van der Waals surface area contributed by atoms with Crippen LogP contribution >= 0.6 is 23.2 Å². The number of benzene rings is 1. The summed E-state index contributed by atoms with van der Waals surface area (Å²) in [5, 5.41) is 14.3. The van der Waals surface area contributed by atoms with Gasteiger partial charge in [0.2, 0.25) is 0 Å². The Labute approximate surface area is 113 Å². The van der Waals surface area contributed by atoms with Crippen LogP contribution in [0.4, 0.5) is 0 Å². The Kier molecular flexibility index (Phi) is 5.74. The van der Waals surface area contributed by atoms with Gasteiger partial charge in [-0.2, -0.15) is 0 Å². The van der Waals surface area contributed by atoms with E-state index in [1.54, 1.807) is 6.07 Å². The van der Waals surface area contributed by atoms with E-state index in [0.29, 0.717) is 23.1 Å². The number of rotatable bonds is 6. The lowest BCUT2D eigenvalue weighted by Crippen LogP contribution is -2.37. The van der Waals surface area contributed by atoms with Crippen molar-refractivity contribution in [1.82, 2.24) is 5.32 Å². The third-order valence-corrected chi connectivity index (χ3v) is 3.50. The van der Waals surface area contributed by atoms with E-state index >= 15 is 0 Å². The normalized spacial score (nSPS) is 14.6. The molecule has 1 aromatic rings. The average Bonchev–Trinajstić information content (AvgIpc) is 2.24. The molecular weight excluding hydrogens is 257 g/mol. The molecule has 0 saturated heterocycles. The van der Waals surface area contributed by atoms with Crippen LogP contribution in [0.1, 0.15) is 32.3 Å². The van der Waals surface area contributed by atoms with E-state index < -0.39 is 5.60 Å². The van der Waals surface area contributed by atoms with E-state index in [2.05, 4.69) is 12.2 Å². The molecular formula is C13H19Cl2NO. The topological polar surface area (TPSA) is 32.3 Å². The van der Waals surface area contributed by atoms with Crippen LogP contribution in [0.3, 0.4) is 0 Å². The predicted octanol–water partition coefficient (Wildman–Crippen LogP) is 3.63. The first-order chi connectivity index (χ1) is 7.96. The van der Waals surface area contributed by atoms with Crippen LogP contribution in [-0.4, -0.2) is 17.3 Å². The first-order valence-electron chi connectivity index (χ1n) is 5.82. The fraction of sp³-hybridized carbons (Fsp3) is 0.538. The van der Waals surface area contributed by atoms with Crippen LogP contribution in [0.25, 0.3) is 0 Å². The third-order valence-electron chi connectivity index (χ3n) is 2.64. The van der Waals surface area contributed by atoms with E-state index in [9.17, 15) is 5.11 Å². The standard InChI is InChI=1S/C13H19Cl2NO/c1-3-7-13(2,17)9-16-8-10-5-4-6-11(14)12(10)15/h4-6,16-17H,3,7-9H2,1-2H3. The summed E-state index contributed by atoms with van der Waals surface area (Å²) in [6, 6.07) is 5.56. The number of nitrogens with one attached hydrogen (secondary N) is 1. The van der Waals surface area contributed by atoms with E-state index in [-0.39, 0.29) is 0 Å². The highest BCUT2D eigenvalue weighted by Crippen LogP contribution is 2.25. The van der Waals surface area contributed by atoms with Crippen LogP contribution in [0.2, 0.25) is 10.0 Å². The van der Waals surface area contributed by atoms with Crippen molar-refractivity contribution in [2.24, 2.45) is 0 Å². The van der Waals surface area contributed by atoms with Crippen LogP contribution in [0.15, 0.2) is 18.2 Å². The minimum Gasteiger partial charge on any atom is -0.389 e. The van der Waals surface area contributed by atoms with Gasteiger partial charge in [-0.15, -0.1) is 0 Å². The molecule has 1 atom stereocenters. The number of halogens is 2. The Morgan fingerprint density at radius 1 is 1.35 bits per heavy atom. The molecule has 1 rings (SSSR count). The lowest BCUT2D eigenvalue weighted by molar-refractivity contribution is 0.0498. The van der Waals surface area contributed by atoms with Crippen LogP contribution < -0.4 is 5.32 Å². The van der Waals surface area contributed by atoms with Gasteiger partial charge in [-0.1, -0.05) is 48.7 Å². The molecule has 1 aromatic carbocycles. The van der Waals surface area contributed by atoms with Crippen LogP contribution in [-0.2, 0) is 6.54 Å². The smallest absolute Gasteiger partial charge is 0.0743 e. The van der Waals surface area contributed by atoms with Gasteiger partial charge in [-0.25, -0.2) is 0 Å². The first kappa shape index (κ1) is 14.8. The molecule has 96 valence electrons. The summed E-state index contributed by atoms with van der Waals surface area (Å²) < 4.78 is 0. The maximum atomic E-state index is 9.99. The van der Waals surface area contributed by atoms with Gasteiger partial charge in [0.05, 0.1) is 15.6 Å². The molecule has 17 heavy (non-hydrogen) atoms. The summed E-state index contributed by atoms with van der Waals surface area (Å²) in [5.41, 5.74) is 0.284. The number of hydrogen-bond donors (Lipinski definition) is 2. The second-order valence-electron chi connectivity index (χ2n) is 4.56. The zero-order chi connectivity index (χ0) is 12.9. The zero-order valence-corrected chi connectivity index (χ0v) is 11.8. The Morgan fingerprint density at radius 2 is 2.06 bits per heavy atom. The summed E-state index contributed by atoms with van der Waals surface area (Å²) in [7, 11) is 0. The number of aliphatic hydroxyl groups is 1. The monoisotopic (exact) mass is 275 g/mol. The number of hydrogen-bond acceptors (Lipinski definition) is 2. The summed E-state index contributed by atoms with van der Waals surface area (Å²) in [6.07, 6.45) is 1.75. The molecule has 2 nitrogen and oxygen atoms in total. The molecule has 0 spiro atoms. The predicted molar refractivity (Wildman–Crippen MR) is 73.7 cm³/mol. The fourth-order valence-electron chi connectivity index (χ4n) is 1.78. The van der Waals surface area contributed by atoms with Crippen molar-refractivity contribution < 1.29 is 5.11 Å². The molecule has 2 N–H and O–H groups in total. The van der Waals surface area contributed by atoms with Crippen molar-refractivity contribution in [2.45, 2.75) is 38.8 Å². The maximum Gasteiger partial charge on any atom is 0.0743 e. The van der Waals surface area contributed by atoms with E-state index in [1.165, 1.54) is 0 Å². The largest absolute Gasteiger partial charge is 0.389 e. The van der Waals surface area contributed by atoms with Gasteiger partial charge in [-0.05, 0) is 25.0 Å². The SMILES string of the molecule is CCCC(C)(O)CNCc1cccc(Cl)c1Cl. The Hall–Kier alpha value is -0.280. The molecule has 0 fully saturated rings. The van der Waals surface area contributed by atoms with Crippen molar-refractivity contribution >= 4 is 23.2 Å². The highest BCUT2D eigenvalue weighted by Gasteiger charge is 2.18. The summed E-state index contributed by atoms with van der Waals surface area (Å²) in [4.78, 5) is 0. The fourth-order valence-corrected chi connectivity index (χ4v) is 2.17. The summed E-state index contributed by atoms with van der Waals surface area (Å²) >= 11 is 12.0. The quantitative estimate of drug-likeness (QED) is 0.831. The first-order valence-corrected chi connectivity index (χ1v) is 6.58. The molecule has 0 heterocycles. The summed E-state index contributed by atoms with van der Waals surface area (Å²) in [6.45, 7) is 5.05. The minimum absolute atomic E-state index is 0.545. The van der Waals surface area contributed by atoms with Crippen molar-refractivity contribution in [3.63, 3.8) is 0 Å². The van der Waals surface area contributed by atoms with Gasteiger partial charge in [-0.3, -0.25) is 0 Å². The Bertz CT molecular complexity index is 366. The minimum atomic E-state index is -0.667. The Morgan fingerprint density at radius 3 is 2.71 bits per heavy atom. The van der Waals surface area contributed by atoms with Gasteiger partial charge >= 0.3 is 0 Å². The Balaban J connectivity index is 2.49. The highest BCUT2D eigenvalue weighted by atomic mass is 35.5. The zero-order valence-electron chi connectivity index (χ0n) is 10.3. The van der Waals surface area contributed by atoms with Gasteiger partial charge in [0.15, 0.2) is 0 Å². The van der Waals surface area contributed by atoms with Crippen molar-refractivity contribution in [1.29, 1.82) is 0 Å². The molecule has 0 amide bonds. The molecule has 0 radical (unpaired) electrons. The van der Waals surface area contributed by atoms with Gasteiger partial charge in [0, 0.05) is 13.1 Å². The summed E-state index contributed by atoms with van der Waals surface area (Å²) in [5.74, 6) is 0. The molecule has 0 bridgehead atoms. The molecule has 0 saturated carbocycles. The molecule has 0 aromatic heterocycles. The second kappa shape index (κ2) is 6.60. The molecule has 4 heteroatoms. The van der Waals surface area contributed by atoms with Crippen LogP contribution in [0, 0.1) is 0 Å². The van der Waals surface area contributed by atoms with Gasteiger partial charge in [0.1, 0.15) is 0 Å². The average molecular weight is 276 g/mol. The van der Waals surface area contributed by atoms with E-state index in [0.717, 1.165) is 18.4 Å². The van der Waals surface area contributed by atoms with Crippen molar-refractivity contribution in [2.75, 3.05) is 6.54 Å².